The van der Waals surface area contributed by atoms with Gasteiger partial charge in [-0.3, -0.25) is 14.9 Å². The number of hydrogen-bond acceptors (Lipinski definition) is 4. The highest BCUT2D eigenvalue weighted by atomic mass is 16.6. The van der Waals surface area contributed by atoms with E-state index < -0.39 is 4.92 Å². The van der Waals surface area contributed by atoms with Gasteiger partial charge >= 0.3 is 0 Å². The van der Waals surface area contributed by atoms with Crippen LogP contribution in [0.1, 0.15) is 37.0 Å². The molecule has 0 saturated heterocycles. The molecule has 1 aromatic carbocycles. The topological polar surface area (TPSA) is 75.5 Å². The van der Waals surface area contributed by atoms with Crippen LogP contribution >= 0.6 is 0 Å². The Morgan fingerprint density at radius 3 is 2.40 bits per heavy atom. The lowest BCUT2D eigenvalue weighted by Crippen LogP contribution is -2.33. The molecule has 6 heteroatoms. The van der Waals surface area contributed by atoms with Crippen molar-refractivity contribution in [3.63, 3.8) is 0 Å². The molecule has 0 spiro atoms. The van der Waals surface area contributed by atoms with E-state index in [0.29, 0.717) is 11.3 Å². The molecule has 6 nitrogen and oxygen atoms in total. The van der Waals surface area contributed by atoms with E-state index in [1.165, 1.54) is 6.07 Å². The molecular formula is C14H21N3O3. The van der Waals surface area contributed by atoms with Gasteiger partial charge in [0.15, 0.2) is 0 Å². The average Bonchev–Trinajstić information content (AvgIpc) is 2.43. The minimum absolute atomic E-state index is 0.0628. The quantitative estimate of drug-likeness (QED) is 0.641. The standard InChI is InChI=1S/C14H21N3O3/c1-5-11(6-2)15-14(18)10-7-8-12(16(3)4)13(9-10)17(19)20/h7-9,11H,5-6H2,1-4H3,(H,15,18). The summed E-state index contributed by atoms with van der Waals surface area (Å²) in [5.74, 6) is -0.271. The van der Waals surface area contributed by atoms with Crippen LogP contribution in [0.5, 0.6) is 0 Å². The van der Waals surface area contributed by atoms with E-state index in [9.17, 15) is 14.9 Å². The lowest BCUT2D eigenvalue weighted by molar-refractivity contribution is -0.384. The molecule has 0 aliphatic rings. The zero-order chi connectivity index (χ0) is 15.3. The number of rotatable bonds is 6. The second kappa shape index (κ2) is 6.88. The number of amides is 1. The van der Waals surface area contributed by atoms with Gasteiger partial charge in [0.05, 0.1) is 4.92 Å². The molecular weight excluding hydrogens is 258 g/mol. The maximum absolute atomic E-state index is 12.1. The third-order valence-corrected chi connectivity index (χ3v) is 3.24. The first kappa shape index (κ1) is 15.9. The van der Waals surface area contributed by atoms with Crippen molar-refractivity contribution < 1.29 is 9.72 Å². The molecule has 0 heterocycles. The highest BCUT2D eigenvalue weighted by molar-refractivity contribution is 5.96. The largest absolute Gasteiger partial charge is 0.372 e. The SMILES string of the molecule is CCC(CC)NC(=O)c1ccc(N(C)C)c([N+](=O)[O-])c1. The first-order chi connectivity index (χ1) is 9.40. The molecule has 0 bridgehead atoms. The fourth-order valence-corrected chi connectivity index (χ4v) is 1.95. The maximum atomic E-state index is 12.1. The van der Waals surface area contributed by atoms with Crippen LogP contribution in [0, 0.1) is 10.1 Å². The molecule has 0 radical (unpaired) electrons. The Kier molecular flexibility index (Phi) is 5.49. The highest BCUT2D eigenvalue weighted by Crippen LogP contribution is 2.27. The second-order valence-corrected chi connectivity index (χ2v) is 4.84. The monoisotopic (exact) mass is 279 g/mol. The molecule has 1 N–H and O–H groups in total. The Labute approximate surface area is 118 Å². The van der Waals surface area contributed by atoms with Crippen molar-refractivity contribution in [1.82, 2.24) is 5.32 Å². The second-order valence-electron chi connectivity index (χ2n) is 4.84. The number of carbonyl (C=O) groups excluding carboxylic acids is 1. The van der Waals surface area contributed by atoms with Crippen LogP contribution in [0.2, 0.25) is 0 Å². The van der Waals surface area contributed by atoms with Crippen LogP contribution in [0.25, 0.3) is 0 Å². The van der Waals surface area contributed by atoms with Crippen molar-refractivity contribution in [3.05, 3.63) is 33.9 Å². The number of nitro groups is 1. The van der Waals surface area contributed by atoms with E-state index in [1.807, 2.05) is 13.8 Å². The van der Waals surface area contributed by atoms with Gasteiger partial charge in [-0.2, -0.15) is 0 Å². The summed E-state index contributed by atoms with van der Waals surface area (Å²) in [4.78, 5) is 24.3. The molecule has 1 aromatic rings. The van der Waals surface area contributed by atoms with Crippen LogP contribution in [0.4, 0.5) is 11.4 Å². The number of nitro benzene ring substituents is 1. The Bertz CT molecular complexity index is 496. The number of anilines is 1. The molecule has 110 valence electrons. The molecule has 0 saturated carbocycles. The summed E-state index contributed by atoms with van der Waals surface area (Å²) in [5.41, 5.74) is 0.732. The third kappa shape index (κ3) is 3.69. The fourth-order valence-electron chi connectivity index (χ4n) is 1.95. The van der Waals surface area contributed by atoms with Crippen LogP contribution in [-0.2, 0) is 0 Å². The van der Waals surface area contributed by atoms with Gasteiger partial charge in [-0.05, 0) is 25.0 Å². The predicted octanol–water partition coefficient (Wildman–Crippen LogP) is 2.58. The van der Waals surface area contributed by atoms with Crippen LogP contribution in [0.15, 0.2) is 18.2 Å². The van der Waals surface area contributed by atoms with E-state index in [-0.39, 0.29) is 17.6 Å². The number of benzene rings is 1. The average molecular weight is 279 g/mol. The van der Waals surface area contributed by atoms with Crippen molar-refractivity contribution in [1.29, 1.82) is 0 Å². The number of nitrogens with zero attached hydrogens (tertiary/aromatic N) is 2. The Morgan fingerprint density at radius 2 is 1.95 bits per heavy atom. The fraction of sp³-hybridized carbons (Fsp3) is 0.500. The molecule has 1 rings (SSSR count). The van der Waals surface area contributed by atoms with Crippen molar-refractivity contribution >= 4 is 17.3 Å². The third-order valence-electron chi connectivity index (χ3n) is 3.24. The van der Waals surface area contributed by atoms with E-state index >= 15 is 0 Å². The first-order valence-corrected chi connectivity index (χ1v) is 6.67. The zero-order valence-corrected chi connectivity index (χ0v) is 12.3. The maximum Gasteiger partial charge on any atom is 0.293 e. The normalized spacial score (nSPS) is 10.4. The smallest absolute Gasteiger partial charge is 0.293 e. The summed E-state index contributed by atoms with van der Waals surface area (Å²) in [7, 11) is 3.46. The van der Waals surface area contributed by atoms with Crippen molar-refractivity contribution in [2.75, 3.05) is 19.0 Å². The van der Waals surface area contributed by atoms with Crippen molar-refractivity contribution in [3.8, 4) is 0 Å². The number of nitrogens with one attached hydrogen (secondary N) is 1. The number of carbonyl (C=O) groups is 1. The molecule has 0 aliphatic carbocycles. The summed E-state index contributed by atoms with van der Waals surface area (Å²) in [5, 5.41) is 14.0. The molecule has 0 aromatic heterocycles. The van der Waals surface area contributed by atoms with Gasteiger partial charge in [-0.15, -0.1) is 0 Å². The Hall–Kier alpha value is -2.11. The van der Waals surface area contributed by atoms with Gasteiger partial charge in [0.2, 0.25) is 0 Å². The summed E-state index contributed by atoms with van der Waals surface area (Å²) >= 11 is 0. The summed E-state index contributed by atoms with van der Waals surface area (Å²) in [6.07, 6.45) is 1.67. The van der Waals surface area contributed by atoms with E-state index in [0.717, 1.165) is 12.8 Å². The predicted molar refractivity (Wildman–Crippen MR) is 79.3 cm³/mol. The Morgan fingerprint density at radius 1 is 1.35 bits per heavy atom. The molecule has 20 heavy (non-hydrogen) atoms. The molecule has 0 fully saturated rings. The lowest BCUT2D eigenvalue weighted by atomic mass is 10.1. The van der Waals surface area contributed by atoms with Crippen molar-refractivity contribution in [2.24, 2.45) is 0 Å². The summed E-state index contributed by atoms with van der Waals surface area (Å²) in [6.45, 7) is 3.98. The highest BCUT2D eigenvalue weighted by Gasteiger charge is 2.19. The Balaban J connectivity index is 3.06. The van der Waals surface area contributed by atoms with E-state index in [1.54, 1.807) is 31.1 Å². The van der Waals surface area contributed by atoms with Crippen LogP contribution < -0.4 is 10.2 Å². The van der Waals surface area contributed by atoms with E-state index in [4.69, 9.17) is 0 Å². The minimum Gasteiger partial charge on any atom is -0.372 e. The summed E-state index contributed by atoms with van der Waals surface area (Å²) < 4.78 is 0. The van der Waals surface area contributed by atoms with Crippen LogP contribution in [0.3, 0.4) is 0 Å². The molecule has 0 aliphatic heterocycles. The van der Waals surface area contributed by atoms with Crippen molar-refractivity contribution in [2.45, 2.75) is 32.7 Å². The lowest BCUT2D eigenvalue weighted by Gasteiger charge is -2.16. The zero-order valence-electron chi connectivity index (χ0n) is 12.3. The van der Waals surface area contributed by atoms with Gasteiger partial charge in [-0.1, -0.05) is 13.8 Å². The summed E-state index contributed by atoms with van der Waals surface area (Å²) in [6, 6.07) is 4.63. The van der Waals surface area contributed by atoms with Gasteiger partial charge in [0.1, 0.15) is 5.69 Å². The van der Waals surface area contributed by atoms with Gasteiger partial charge in [-0.25, -0.2) is 0 Å². The minimum atomic E-state index is -0.469. The molecule has 0 unspecified atom stereocenters. The van der Waals surface area contributed by atoms with Gasteiger partial charge in [0, 0.05) is 31.8 Å². The van der Waals surface area contributed by atoms with Crippen LogP contribution in [-0.4, -0.2) is 31.0 Å². The van der Waals surface area contributed by atoms with E-state index in [2.05, 4.69) is 5.32 Å². The first-order valence-electron chi connectivity index (χ1n) is 6.67. The molecule has 1 amide bonds. The molecule has 0 atom stereocenters. The van der Waals surface area contributed by atoms with Gasteiger partial charge < -0.3 is 10.2 Å². The van der Waals surface area contributed by atoms with Gasteiger partial charge in [0.25, 0.3) is 11.6 Å². The number of hydrogen-bond donors (Lipinski definition) is 1.